The van der Waals surface area contributed by atoms with E-state index in [9.17, 15) is 0 Å². The Kier molecular flexibility index (Phi) is 7.41. The van der Waals surface area contributed by atoms with E-state index in [1.807, 2.05) is 6.07 Å². The van der Waals surface area contributed by atoms with Crippen LogP contribution in [0.25, 0.3) is 50.0 Å². The Bertz CT molecular complexity index is 2350. The fourth-order valence-corrected chi connectivity index (χ4v) is 11.1. The summed E-state index contributed by atoms with van der Waals surface area (Å²) in [6, 6.07) is 50.7. The molecule has 0 aliphatic rings. The molecule has 0 saturated heterocycles. The molecular weight excluding hydrogens is 601 g/mol. The van der Waals surface area contributed by atoms with E-state index in [4.69, 9.17) is 9.40 Å². The number of rotatable bonds is 7. The number of para-hydroxylation sites is 4. The van der Waals surface area contributed by atoms with E-state index >= 15 is 0 Å². The first-order valence-electron chi connectivity index (χ1n) is 17.0. The maximum Gasteiger partial charge on any atom is 0.149 e. The van der Waals surface area contributed by atoms with E-state index in [0.29, 0.717) is 0 Å². The average Bonchev–Trinajstić information content (AvgIpc) is 3.70. The summed E-state index contributed by atoms with van der Waals surface area (Å²) >= 11 is 0. The van der Waals surface area contributed by atoms with Crippen LogP contribution >= 0.6 is 0 Å². The topological polar surface area (TPSA) is 31.0 Å². The summed E-state index contributed by atoms with van der Waals surface area (Å²) < 4.78 is 9.02. The maximum atomic E-state index is 6.59. The normalized spacial score (nSPS) is 12.2. The van der Waals surface area contributed by atoms with E-state index in [-0.39, 0.29) is 11.8 Å². The Morgan fingerprint density at radius 2 is 1.15 bits per heavy atom. The molecule has 0 aliphatic heterocycles. The molecule has 2 heterocycles. The lowest BCUT2D eigenvalue weighted by Gasteiger charge is -2.33. The predicted octanol–water partition coefficient (Wildman–Crippen LogP) is 9.94. The third-order valence-corrected chi connectivity index (χ3v) is 14.5. The molecule has 0 saturated carbocycles. The van der Waals surface area contributed by atoms with E-state index in [1.54, 1.807) is 0 Å². The molecule has 0 spiro atoms. The van der Waals surface area contributed by atoms with Gasteiger partial charge in [0.25, 0.3) is 0 Å². The fourth-order valence-electron chi connectivity index (χ4n) is 7.51. The van der Waals surface area contributed by atoms with Crippen LogP contribution in [0.15, 0.2) is 144 Å². The Morgan fingerprint density at radius 3 is 1.79 bits per heavy atom. The lowest BCUT2D eigenvalue weighted by atomic mass is 9.92. The van der Waals surface area contributed by atoms with Crippen molar-refractivity contribution in [2.45, 2.75) is 46.1 Å². The number of imidazole rings is 1. The van der Waals surface area contributed by atoms with Gasteiger partial charge in [-0.05, 0) is 62.8 Å². The molecule has 2 aromatic heterocycles. The van der Waals surface area contributed by atoms with Crippen LogP contribution in [-0.2, 0) is 0 Å². The van der Waals surface area contributed by atoms with Gasteiger partial charge in [-0.3, -0.25) is 4.57 Å². The first-order valence-corrected chi connectivity index (χ1v) is 19.5. The SMILES string of the molecule is CC(C)c1cc([Si](C)(c2ccccc2)c2ccccc2)cc(C(C)C)c1-n1c(-c2cccc3c2oc2ccccc23)nc2ccccc21. The molecule has 8 rings (SSSR count). The quantitative estimate of drug-likeness (QED) is 0.128. The van der Waals surface area contributed by atoms with Crippen molar-refractivity contribution in [2.75, 3.05) is 0 Å². The van der Waals surface area contributed by atoms with Gasteiger partial charge in [0.15, 0.2) is 0 Å². The molecule has 0 radical (unpaired) electrons. The maximum absolute atomic E-state index is 6.59. The van der Waals surface area contributed by atoms with Crippen LogP contribution in [-0.4, -0.2) is 17.6 Å². The molecular formula is C44H40N2OSi. The van der Waals surface area contributed by atoms with Crippen LogP contribution in [0.3, 0.4) is 0 Å². The van der Waals surface area contributed by atoms with Crippen molar-refractivity contribution < 1.29 is 4.42 Å². The zero-order valence-corrected chi connectivity index (χ0v) is 29.2. The van der Waals surface area contributed by atoms with Gasteiger partial charge in [-0.15, -0.1) is 0 Å². The van der Waals surface area contributed by atoms with Crippen LogP contribution in [0.2, 0.25) is 6.55 Å². The molecule has 0 bridgehead atoms. The largest absolute Gasteiger partial charge is 0.455 e. The van der Waals surface area contributed by atoms with Crippen molar-refractivity contribution in [1.82, 2.24) is 9.55 Å². The summed E-state index contributed by atoms with van der Waals surface area (Å²) in [5, 5.41) is 6.50. The van der Waals surface area contributed by atoms with Crippen molar-refractivity contribution in [3.8, 4) is 17.1 Å². The number of benzene rings is 6. The molecule has 4 heteroatoms. The Morgan fingerprint density at radius 1 is 0.583 bits per heavy atom. The van der Waals surface area contributed by atoms with Gasteiger partial charge in [0.1, 0.15) is 25.1 Å². The first kappa shape index (κ1) is 30.2. The summed E-state index contributed by atoms with van der Waals surface area (Å²) in [4.78, 5) is 5.36. The standard InChI is InChI=1S/C44H40N2OSi/c1-29(2)37-27-33(48(5,31-17-8-6-9-18-31)32-19-10-7-11-20-32)28-38(30(3)4)42(37)46-40-25-14-13-24-39(40)45-44(46)36-23-16-22-35-34-21-12-15-26-41(34)47-43(35)36/h6-30H,1-5H3. The minimum Gasteiger partial charge on any atom is -0.455 e. The van der Waals surface area contributed by atoms with Crippen molar-refractivity contribution >= 4 is 56.6 Å². The van der Waals surface area contributed by atoms with Crippen molar-refractivity contribution in [1.29, 1.82) is 0 Å². The second-order valence-electron chi connectivity index (χ2n) is 13.7. The van der Waals surface area contributed by atoms with E-state index in [0.717, 1.165) is 44.4 Å². The van der Waals surface area contributed by atoms with Crippen LogP contribution < -0.4 is 15.6 Å². The molecule has 0 aliphatic carbocycles. The Balaban J connectivity index is 1.46. The average molecular weight is 641 g/mol. The highest BCUT2D eigenvalue weighted by molar-refractivity contribution is 7.10. The van der Waals surface area contributed by atoms with Gasteiger partial charge < -0.3 is 4.42 Å². The van der Waals surface area contributed by atoms with Crippen LogP contribution in [0.5, 0.6) is 0 Å². The third-order valence-electron chi connectivity index (χ3n) is 10.1. The number of aromatic nitrogens is 2. The first-order chi connectivity index (χ1) is 23.4. The highest BCUT2D eigenvalue weighted by atomic mass is 28.3. The number of hydrogen-bond acceptors (Lipinski definition) is 2. The monoisotopic (exact) mass is 640 g/mol. The molecule has 0 N–H and O–H groups in total. The summed E-state index contributed by atoms with van der Waals surface area (Å²) in [5.41, 5.74) is 8.75. The second kappa shape index (κ2) is 11.8. The third kappa shape index (κ3) is 4.74. The Hall–Kier alpha value is -5.19. The van der Waals surface area contributed by atoms with E-state index in [2.05, 4.69) is 172 Å². The van der Waals surface area contributed by atoms with Crippen LogP contribution in [0.4, 0.5) is 0 Å². The summed E-state index contributed by atoms with van der Waals surface area (Å²) in [7, 11) is -2.37. The molecule has 6 aromatic carbocycles. The van der Waals surface area contributed by atoms with E-state index < -0.39 is 8.07 Å². The van der Waals surface area contributed by atoms with Crippen LogP contribution in [0, 0.1) is 0 Å². The zero-order chi connectivity index (χ0) is 33.0. The molecule has 0 amide bonds. The molecule has 236 valence electrons. The number of nitrogens with zero attached hydrogens (tertiary/aromatic N) is 2. The number of hydrogen-bond donors (Lipinski definition) is 0. The van der Waals surface area contributed by atoms with Gasteiger partial charge in [-0.2, -0.15) is 0 Å². The van der Waals surface area contributed by atoms with Gasteiger partial charge in [0, 0.05) is 10.8 Å². The van der Waals surface area contributed by atoms with Crippen molar-refractivity contribution in [3.63, 3.8) is 0 Å². The Labute approximate surface area is 283 Å². The molecule has 3 nitrogen and oxygen atoms in total. The molecule has 0 unspecified atom stereocenters. The van der Waals surface area contributed by atoms with Gasteiger partial charge in [-0.1, -0.05) is 150 Å². The molecule has 48 heavy (non-hydrogen) atoms. The van der Waals surface area contributed by atoms with Gasteiger partial charge in [0.05, 0.1) is 22.3 Å². The summed E-state index contributed by atoms with van der Waals surface area (Å²) in [6.07, 6.45) is 0. The highest BCUT2D eigenvalue weighted by Crippen LogP contribution is 2.41. The van der Waals surface area contributed by atoms with Gasteiger partial charge in [0.2, 0.25) is 0 Å². The zero-order valence-electron chi connectivity index (χ0n) is 28.2. The lowest BCUT2D eigenvalue weighted by Crippen LogP contribution is -2.65. The van der Waals surface area contributed by atoms with E-state index in [1.165, 1.54) is 32.4 Å². The van der Waals surface area contributed by atoms with Gasteiger partial charge >= 0.3 is 0 Å². The van der Waals surface area contributed by atoms with Crippen molar-refractivity contribution in [3.05, 3.63) is 151 Å². The summed E-state index contributed by atoms with van der Waals surface area (Å²) in [6.45, 7) is 11.8. The van der Waals surface area contributed by atoms with Crippen LogP contribution in [0.1, 0.15) is 50.7 Å². The molecule has 0 fully saturated rings. The lowest BCUT2D eigenvalue weighted by molar-refractivity contribution is 0.669. The highest BCUT2D eigenvalue weighted by Gasteiger charge is 2.36. The smallest absolute Gasteiger partial charge is 0.149 e. The van der Waals surface area contributed by atoms with Crippen molar-refractivity contribution in [2.24, 2.45) is 0 Å². The second-order valence-corrected chi connectivity index (χ2v) is 17.7. The minimum absolute atomic E-state index is 0.276. The molecule has 0 atom stereocenters. The fraction of sp³-hybridized carbons (Fsp3) is 0.159. The number of furan rings is 1. The van der Waals surface area contributed by atoms with Gasteiger partial charge in [-0.25, -0.2) is 4.98 Å². The summed E-state index contributed by atoms with van der Waals surface area (Å²) in [5.74, 6) is 1.46. The predicted molar refractivity (Wildman–Crippen MR) is 205 cm³/mol. The minimum atomic E-state index is -2.37. The molecule has 8 aromatic rings. The number of fused-ring (bicyclic) bond motifs is 4.